The molecule has 0 bridgehead atoms. The summed E-state index contributed by atoms with van der Waals surface area (Å²) in [4.78, 5) is 0. The van der Waals surface area contributed by atoms with Crippen molar-refractivity contribution in [3.8, 4) is 0 Å². The fourth-order valence-electron chi connectivity index (χ4n) is 0.972. The molecule has 1 aliphatic rings. The van der Waals surface area contributed by atoms with Crippen LogP contribution in [-0.4, -0.2) is 17.5 Å². The van der Waals surface area contributed by atoms with Crippen molar-refractivity contribution < 1.29 is 9.84 Å². The second-order valence-corrected chi connectivity index (χ2v) is 3.79. The molecule has 2 unspecified atom stereocenters. The second-order valence-electron chi connectivity index (χ2n) is 3.79. The maximum Gasteiger partial charge on any atom is 0.181 e. The van der Waals surface area contributed by atoms with Crippen LogP contribution in [0.4, 0.5) is 0 Å². The molecule has 1 rings (SSSR count). The van der Waals surface area contributed by atoms with Crippen molar-refractivity contribution in [3.63, 3.8) is 0 Å². The molecule has 0 aliphatic carbocycles. The Kier molecular flexibility index (Phi) is 2.02. The maximum atomic E-state index is 8.86. The second kappa shape index (κ2) is 2.51. The van der Waals surface area contributed by atoms with E-state index in [1.807, 2.05) is 0 Å². The molecule has 1 saturated heterocycles. The van der Waals surface area contributed by atoms with Gasteiger partial charge >= 0.3 is 0 Å². The van der Waals surface area contributed by atoms with Crippen molar-refractivity contribution in [3.05, 3.63) is 0 Å². The van der Waals surface area contributed by atoms with Crippen molar-refractivity contribution in [1.29, 1.82) is 0 Å². The fourth-order valence-corrected chi connectivity index (χ4v) is 0.972. The molecule has 0 amide bonds. The molecule has 10 heavy (non-hydrogen) atoms. The van der Waals surface area contributed by atoms with E-state index in [4.69, 9.17) is 9.84 Å². The van der Waals surface area contributed by atoms with Gasteiger partial charge < -0.3 is 9.84 Å². The lowest BCUT2D eigenvalue weighted by Gasteiger charge is -2.20. The van der Waals surface area contributed by atoms with Crippen LogP contribution in [0.2, 0.25) is 0 Å². The maximum absolute atomic E-state index is 8.86. The molecule has 1 aliphatic heterocycles. The fraction of sp³-hybridized carbons (Fsp3) is 1.00. The van der Waals surface area contributed by atoms with E-state index in [0.717, 1.165) is 12.8 Å². The predicted octanol–water partition coefficient (Wildman–Crippen LogP) is 1.53. The van der Waals surface area contributed by atoms with E-state index in [1.165, 1.54) is 0 Å². The van der Waals surface area contributed by atoms with Crippen LogP contribution in [-0.2, 0) is 4.74 Å². The summed E-state index contributed by atoms with van der Waals surface area (Å²) in [5.74, 6) is 0. The van der Waals surface area contributed by atoms with Gasteiger partial charge in [0.05, 0.1) is 0 Å². The van der Waals surface area contributed by atoms with Crippen LogP contribution < -0.4 is 0 Å². The first-order valence-corrected chi connectivity index (χ1v) is 3.89. The number of hydrogen-bond acceptors (Lipinski definition) is 2. The molecule has 60 valence electrons. The summed E-state index contributed by atoms with van der Waals surface area (Å²) in [6.07, 6.45) is 1.77. The quantitative estimate of drug-likeness (QED) is 0.609. The predicted molar refractivity (Wildman–Crippen MR) is 39.6 cm³/mol. The van der Waals surface area contributed by atoms with E-state index in [0.29, 0.717) is 5.41 Å². The van der Waals surface area contributed by atoms with E-state index in [-0.39, 0.29) is 6.10 Å². The minimum absolute atomic E-state index is 0.120. The highest BCUT2D eigenvalue weighted by atomic mass is 16.7. The summed E-state index contributed by atoms with van der Waals surface area (Å²) in [6.45, 7) is 6.55. The van der Waals surface area contributed by atoms with Crippen LogP contribution in [0.15, 0.2) is 0 Å². The highest BCUT2D eigenvalue weighted by Gasteiger charge is 2.40. The van der Waals surface area contributed by atoms with Crippen LogP contribution in [0.25, 0.3) is 0 Å². The van der Waals surface area contributed by atoms with Gasteiger partial charge in [0, 0.05) is 0 Å². The van der Waals surface area contributed by atoms with Gasteiger partial charge in [-0.2, -0.15) is 0 Å². The van der Waals surface area contributed by atoms with Crippen LogP contribution in [0.1, 0.15) is 33.6 Å². The summed E-state index contributed by atoms with van der Waals surface area (Å²) in [5.41, 5.74) is 0.322. The Morgan fingerprint density at radius 1 is 1.50 bits per heavy atom. The summed E-state index contributed by atoms with van der Waals surface area (Å²) < 4.78 is 4.91. The van der Waals surface area contributed by atoms with Crippen LogP contribution >= 0.6 is 0 Å². The number of hydrogen-bond donors (Lipinski definition) is 1. The Hall–Kier alpha value is -0.0800. The molecule has 1 fully saturated rings. The van der Waals surface area contributed by atoms with Crippen molar-refractivity contribution in [2.45, 2.75) is 46.0 Å². The zero-order chi connectivity index (χ0) is 7.78. The highest BCUT2D eigenvalue weighted by molar-refractivity contribution is 4.81. The van der Waals surface area contributed by atoms with Crippen LogP contribution in [0.5, 0.6) is 0 Å². The summed E-state index contributed by atoms with van der Waals surface area (Å²) in [5, 5.41) is 8.86. The Morgan fingerprint density at radius 3 is 2.30 bits per heavy atom. The molecule has 1 heterocycles. The van der Waals surface area contributed by atoms with Crippen molar-refractivity contribution in [2.75, 3.05) is 0 Å². The lowest BCUT2D eigenvalue weighted by atomic mass is 9.85. The van der Waals surface area contributed by atoms with E-state index in [1.54, 1.807) is 0 Å². The van der Waals surface area contributed by atoms with Gasteiger partial charge in [-0.25, -0.2) is 0 Å². The van der Waals surface area contributed by atoms with Gasteiger partial charge in [-0.15, -0.1) is 0 Å². The molecule has 0 aromatic carbocycles. The van der Waals surface area contributed by atoms with E-state index >= 15 is 0 Å². The van der Waals surface area contributed by atoms with Gasteiger partial charge in [0.15, 0.2) is 6.29 Å². The molecule has 1 N–H and O–H groups in total. The lowest BCUT2D eigenvalue weighted by molar-refractivity contribution is 0.155. The normalized spacial score (nSPS) is 32.4. The van der Waals surface area contributed by atoms with E-state index in [2.05, 4.69) is 20.8 Å². The van der Waals surface area contributed by atoms with Crippen molar-refractivity contribution in [1.82, 2.24) is 0 Å². The van der Waals surface area contributed by atoms with Gasteiger partial charge in [0.1, 0.15) is 6.10 Å². The Balaban J connectivity index is 2.24. The number of epoxide rings is 1. The van der Waals surface area contributed by atoms with Gasteiger partial charge in [-0.3, -0.25) is 0 Å². The third kappa shape index (κ3) is 1.96. The average Bonchev–Trinajstić information content (AvgIpc) is 2.46. The van der Waals surface area contributed by atoms with Gasteiger partial charge in [0.2, 0.25) is 0 Å². The van der Waals surface area contributed by atoms with Crippen LogP contribution in [0, 0.1) is 5.41 Å². The Bertz CT molecular complexity index is 120. The van der Waals surface area contributed by atoms with Crippen LogP contribution in [0.3, 0.4) is 0 Å². The van der Waals surface area contributed by atoms with E-state index < -0.39 is 6.29 Å². The average molecular weight is 144 g/mol. The van der Waals surface area contributed by atoms with Gasteiger partial charge in [-0.05, 0) is 11.8 Å². The third-order valence-corrected chi connectivity index (χ3v) is 2.27. The van der Waals surface area contributed by atoms with Gasteiger partial charge in [0.25, 0.3) is 0 Å². The smallest absolute Gasteiger partial charge is 0.181 e. The third-order valence-electron chi connectivity index (χ3n) is 2.27. The molecule has 0 spiro atoms. The zero-order valence-electron chi connectivity index (χ0n) is 6.92. The molecule has 0 radical (unpaired) electrons. The number of ether oxygens (including phenoxy) is 1. The number of aliphatic hydroxyl groups is 1. The first-order chi connectivity index (χ1) is 4.55. The monoisotopic (exact) mass is 144 g/mol. The molecule has 2 atom stereocenters. The number of rotatable bonds is 3. The molecule has 2 heteroatoms. The van der Waals surface area contributed by atoms with Crippen molar-refractivity contribution in [2.24, 2.45) is 5.41 Å². The Labute approximate surface area is 62.2 Å². The molecule has 0 aromatic rings. The summed E-state index contributed by atoms with van der Waals surface area (Å²) in [6, 6.07) is 0. The van der Waals surface area contributed by atoms with Gasteiger partial charge in [-0.1, -0.05) is 27.2 Å². The zero-order valence-corrected chi connectivity index (χ0v) is 6.92. The molecular weight excluding hydrogens is 128 g/mol. The Morgan fingerprint density at radius 2 is 2.00 bits per heavy atom. The number of aliphatic hydroxyl groups excluding tert-OH is 1. The largest absolute Gasteiger partial charge is 0.366 e. The molecule has 2 nitrogen and oxygen atoms in total. The SMILES string of the molecule is CCC(C)(C)CC1OC1O. The minimum Gasteiger partial charge on any atom is -0.366 e. The summed E-state index contributed by atoms with van der Waals surface area (Å²) >= 11 is 0. The molecular formula is C8H16O2. The molecule has 0 aromatic heterocycles. The summed E-state index contributed by atoms with van der Waals surface area (Å²) in [7, 11) is 0. The molecule has 0 saturated carbocycles. The lowest BCUT2D eigenvalue weighted by Crippen LogP contribution is -2.13. The first kappa shape index (κ1) is 8.02. The minimum atomic E-state index is -0.467. The standard InChI is InChI=1S/C8H16O2/c1-4-8(2,3)5-6-7(9)10-6/h6-7,9H,4-5H2,1-3H3. The van der Waals surface area contributed by atoms with Crippen molar-refractivity contribution >= 4 is 0 Å². The van der Waals surface area contributed by atoms with E-state index in [9.17, 15) is 0 Å². The highest BCUT2D eigenvalue weighted by Crippen LogP contribution is 2.34. The topological polar surface area (TPSA) is 32.8 Å². The first-order valence-electron chi connectivity index (χ1n) is 3.89.